The minimum atomic E-state index is -0.851. The molecule has 1 rings (SSSR count). The quantitative estimate of drug-likeness (QED) is 0.841. The molecule has 15 heavy (non-hydrogen) atoms. The van der Waals surface area contributed by atoms with Crippen LogP contribution in [0.2, 0.25) is 10.0 Å². The summed E-state index contributed by atoms with van der Waals surface area (Å²) in [7, 11) is 1.27. The van der Waals surface area contributed by atoms with Gasteiger partial charge in [-0.15, -0.1) is 12.4 Å². The molecule has 0 aliphatic heterocycles. The highest BCUT2D eigenvalue weighted by atomic mass is 35.5. The van der Waals surface area contributed by atoms with Gasteiger partial charge < -0.3 is 10.5 Å². The molecule has 0 fully saturated rings. The lowest BCUT2D eigenvalue weighted by atomic mass is 10.1. The summed E-state index contributed by atoms with van der Waals surface area (Å²) in [6.07, 6.45) is 0. The van der Waals surface area contributed by atoms with E-state index in [2.05, 4.69) is 4.74 Å². The predicted molar refractivity (Wildman–Crippen MR) is 62.7 cm³/mol. The van der Waals surface area contributed by atoms with E-state index >= 15 is 0 Å². The van der Waals surface area contributed by atoms with Gasteiger partial charge in [-0.2, -0.15) is 0 Å². The van der Waals surface area contributed by atoms with Gasteiger partial charge in [0.15, 0.2) is 0 Å². The number of rotatable bonds is 2. The molecule has 0 aliphatic carbocycles. The molecule has 1 aromatic rings. The summed E-state index contributed by atoms with van der Waals surface area (Å²) in [5, 5.41) is 0.874. The van der Waals surface area contributed by atoms with Crippen LogP contribution < -0.4 is 5.73 Å². The fourth-order valence-corrected chi connectivity index (χ4v) is 1.56. The van der Waals surface area contributed by atoms with Crippen molar-refractivity contribution in [3.63, 3.8) is 0 Å². The molecule has 0 aromatic heterocycles. The molecule has 0 amide bonds. The largest absolute Gasteiger partial charge is 0.468 e. The number of hydrogen-bond donors (Lipinski definition) is 1. The van der Waals surface area contributed by atoms with E-state index < -0.39 is 12.0 Å². The monoisotopic (exact) mass is 269 g/mol. The first-order valence-electron chi connectivity index (χ1n) is 3.84. The van der Waals surface area contributed by atoms with E-state index in [0.717, 1.165) is 0 Å². The Morgan fingerprint density at radius 2 is 1.80 bits per heavy atom. The zero-order valence-electron chi connectivity index (χ0n) is 7.87. The zero-order valence-corrected chi connectivity index (χ0v) is 10.2. The van der Waals surface area contributed by atoms with Crippen molar-refractivity contribution in [1.82, 2.24) is 0 Å². The molecule has 0 unspecified atom stereocenters. The number of nitrogens with two attached hydrogens (primary N) is 1. The summed E-state index contributed by atoms with van der Waals surface area (Å²) in [6, 6.07) is 3.87. The maximum atomic E-state index is 11.1. The van der Waals surface area contributed by atoms with E-state index in [9.17, 15) is 4.79 Å². The molecular formula is C9H10Cl3NO2. The smallest absolute Gasteiger partial charge is 0.327 e. The highest BCUT2D eigenvalue weighted by Crippen LogP contribution is 2.22. The average molecular weight is 271 g/mol. The van der Waals surface area contributed by atoms with E-state index in [1.165, 1.54) is 7.11 Å². The lowest BCUT2D eigenvalue weighted by Gasteiger charge is -2.09. The van der Waals surface area contributed by atoms with Crippen LogP contribution in [0.3, 0.4) is 0 Å². The van der Waals surface area contributed by atoms with Crippen LogP contribution in [0.4, 0.5) is 0 Å². The van der Waals surface area contributed by atoms with Gasteiger partial charge >= 0.3 is 5.97 Å². The fraction of sp³-hybridized carbons (Fsp3) is 0.222. The summed E-state index contributed by atoms with van der Waals surface area (Å²) >= 11 is 11.5. The fourth-order valence-electron chi connectivity index (χ4n) is 1.02. The predicted octanol–water partition coefficient (Wildman–Crippen LogP) is 2.59. The number of carbonyl (C=O) groups excluding carboxylic acids is 1. The second-order valence-corrected chi connectivity index (χ2v) is 3.58. The Bertz CT molecular complexity index is 337. The van der Waals surface area contributed by atoms with Crippen LogP contribution in [0, 0.1) is 0 Å². The van der Waals surface area contributed by atoms with Crippen molar-refractivity contribution >= 4 is 41.6 Å². The van der Waals surface area contributed by atoms with Crippen molar-refractivity contribution < 1.29 is 9.53 Å². The van der Waals surface area contributed by atoms with Crippen LogP contribution >= 0.6 is 35.6 Å². The van der Waals surface area contributed by atoms with Crippen molar-refractivity contribution in [1.29, 1.82) is 0 Å². The van der Waals surface area contributed by atoms with Crippen molar-refractivity contribution in [3.05, 3.63) is 33.8 Å². The summed E-state index contributed by atoms with van der Waals surface area (Å²) in [5.41, 5.74) is 6.13. The van der Waals surface area contributed by atoms with Gasteiger partial charge in [0, 0.05) is 10.0 Å². The Kier molecular flexibility index (Phi) is 5.98. The first kappa shape index (κ1) is 14.5. The molecule has 6 heteroatoms. The number of halogens is 3. The van der Waals surface area contributed by atoms with E-state index in [1.807, 2.05) is 0 Å². The molecule has 0 spiro atoms. The summed E-state index contributed by atoms with van der Waals surface area (Å²) < 4.78 is 4.50. The molecule has 0 saturated heterocycles. The Morgan fingerprint density at radius 1 is 1.33 bits per heavy atom. The first-order chi connectivity index (χ1) is 6.54. The third kappa shape index (κ3) is 3.87. The number of ether oxygens (including phenoxy) is 1. The van der Waals surface area contributed by atoms with Gasteiger partial charge in [0.2, 0.25) is 0 Å². The van der Waals surface area contributed by atoms with Crippen LogP contribution in [0.25, 0.3) is 0 Å². The zero-order chi connectivity index (χ0) is 10.7. The Hall–Kier alpha value is -0.480. The molecule has 1 aromatic carbocycles. The van der Waals surface area contributed by atoms with Gasteiger partial charge in [-0.05, 0) is 23.8 Å². The van der Waals surface area contributed by atoms with Gasteiger partial charge in [0.1, 0.15) is 6.04 Å². The molecule has 0 radical (unpaired) electrons. The van der Waals surface area contributed by atoms with Gasteiger partial charge in [-0.25, -0.2) is 0 Å². The molecule has 3 nitrogen and oxygen atoms in total. The van der Waals surface area contributed by atoms with E-state index in [1.54, 1.807) is 18.2 Å². The first-order valence-corrected chi connectivity index (χ1v) is 4.59. The second-order valence-electron chi connectivity index (χ2n) is 2.70. The summed E-state index contributed by atoms with van der Waals surface area (Å²) in [5.74, 6) is -0.525. The van der Waals surface area contributed by atoms with E-state index in [4.69, 9.17) is 28.9 Å². The summed E-state index contributed by atoms with van der Waals surface area (Å²) in [6.45, 7) is 0. The number of carbonyl (C=O) groups is 1. The average Bonchev–Trinajstić information content (AvgIpc) is 2.14. The van der Waals surface area contributed by atoms with Crippen molar-refractivity contribution in [2.45, 2.75) is 6.04 Å². The van der Waals surface area contributed by atoms with Gasteiger partial charge in [-0.1, -0.05) is 23.2 Å². The van der Waals surface area contributed by atoms with Crippen molar-refractivity contribution in [2.75, 3.05) is 7.11 Å². The van der Waals surface area contributed by atoms with Crippen molar-refractivity contribution in [2.24, 2.45) is 5.73 Å². The second kappa shape index (κ2) is 6.18. The van der Waals surface area contributed by atoms with E-state index in [-0.39, 0.29) is 12.4 Å². The molecule has 0 saturated carbocycles. The number of methoxy groups -OCH3 is 1. The van der Waals surface area contributed by atoms with Crippen LogP contribution in [-0.2, 0) is 9.53 Å². The maximum absolute atomic E-state index is 11.1. The van der Waals surface area contributed by atoms with E-state index in [0.29, 0.717) is 15.6 Å². The molecule has 1 atom stereocenters. The molecule has 0 aliphatic rings. The lowest BCUT2D eigenvalue weighted by Crippen LogP contribution is -2.22. The van der Waals surface area contributed by atoms with Crippen molar-refractivity contribution in [3.8, 4) is 0 Å². The van der Waals surface area contributed by atoms with Gasteiger partial charge in [0.05, 0.1) is 7.11 Å². The topological polar surface area (TPSA) is 52.3 Å². The minimum absolute atomic E-state index is 0. The standard InChI is InChI=1S/C9H9Cl2NO2.ClH/c1-14-9(13)8(12)5-2-6(10)4-7(11)3-5;/h2-4,8H,12H2,1H3;1H/t8-;/m0./s1. The Morgan fingerprint density at radius 3 is 2.20 bits per heavy atom. The Balaban J connectivity index is 0.00000196. The maximum Gasteiger partial charge on any atom is 0.327 e. The highest BCUT2D eigenvalue weighted by Gasteiger charge is 2.16. The Labute approximate surface area is 104 Å². The third-order valence-corrected chi connectivity index (χ3v) is 2.14. The SMILES string of the molecule is COC(=O)[C@@H](N)c1cc(Cl)cc(Cl)c1.Cl. The van der Waals surface area contributed by atoms with Crippen LogP contribution in [0.1, 0.15) is 11.6 Å². The molecule has 2 N–H and O–H groups in total. The molecule has 0 heterocycles. The van der Waals surface area contributed by atoms with Crippen LogP contribution in [0.5, 0.6) is 0 Å². The highest BCUT2D eigenvalue weighted by molar-refractivity contribution is 6.34. The van der Waals surface area contributed by atoms with Gasteiger partial charge in [0.25, 0.3) is 0 Å². The summed E-state index contributed by atoms with van der Waals surface area (Å²) in [4.78, 5) is 11.1. The molecule has 84 valence electrons. The number of benzene rings is 1. The van der Waals surface area contributed by atoms with Crippen LogP contribution in [0.15, 0.2) is 18.2 Å². The minimum Gasteiger partial charge on any atom is -0.468 e. The third-order valence-electron chi connectivity index (χ3n) is 1.70. The molecule has 0 bridgehead atoms. The van der Waals surface area contributed by atoms with Crippen LogP contribution in [-0.4, -0.2) is 13.1 Å². The number of esters is 1. The normalized spacial score (nSPS) is 11.5. The number of hydrogen-bond acceptors (Lipinski definition) is 3. The van der Waals surface area contributed by atoms with Gasteiger partial charge in [-0.3, -0.25) is 4.79 Å². The molecular weight excluding hydrogens is 260 g/mol. The lowest BCUT2D eigenvalue weighted by molar-refractivity contribution is -0.142.